The van der Waals surface area contributed by atoms with Crippen molar-refractivity contribution in [2.24, 2.45) is 5.92 Å². The summed E-state index contributed by atoms with van der Waals surface area (Å²) in [6, 6.07) is 0. The summed E-state index contributed by atoms with van der Waals surface area (Å²) in [5.74, 6) is 1.08. The van der Waals surface area contributed by atoms with Gasteiger partial charge in [0.2, 0.25) is 5.91 Å². The molecule has 2 aliphatic rings. The van der Waals surface area contributed by atoms with E-state index in [0.717, 1.165) is 64.2 Å². The lowest BCUT2D eigenvalue weighted by Gasteiger charge is -2.32. The molecule has 4 heteroatoms. The van der Waals surface area contributed by atoms with Crippen LogP contribution in [-0.2, 0) is 9.53 Å². The number of amides is 1. The van der Waals surface area contributed by atoms with Gasteiger partial charge < -0.3 is 15.0 Å². The van der Waals surface area contributed by atoms with Gasteiger partial charge in [-0.1, -0.05) is 6.92 Å². The Kier molecular flexibility index (Phi) is 6.30. The van der Waals surface area contributed by atoms with Gasteiger partial charge in [-0.25, -0.2) is 0 Å². The number of piperidine rings is 1. The van der Waals surface area contributed by atoms with Gasteiger partial charge in [-0.15, -0.1) is 0 Å². The van der Waals surface area contributed by atoms with Crippen LogP contribution in [0.1, 0.15) is 52.4 Å². The third-order valence-corrected chi connectivity index (χ3v) is 4.65. The number of nitrogens with one attached hydrogen (secondary N) is 1. The van der Waals surface area contributed by atoms with E-state index in [0.29, 0.717) is 24.5 Å². The van der Waals surface area contributed by atoms with Gasteiger partial charge in [0, 0.05) is 19.5 Å². The highest BCUT2D eigenvalue weighted by atomic mass is 16.5. The lowest BCUT2D eigenvalue weighted by Crippen LogP contribution is -2.40. The molecule has 0 spiro atoms. The molecule has 1 N–H and O–H groups in total. The fourth-order valence-corrected chi connectivity index (χ4v) is 3.28. The van der Waals surface area contributed by atoms with Crippen molar-refractivity contribution in [2.45, 2.75) is 64.6 Å². The normalized spacial score (nSPS) is 28.0. The quantitative estimate of drug-likeness (QED) is 0.812. The second-order valence-electron chi connectivity index (χ2n) is 6.32. The van der Waals surface area contributed by atoms with Crippen LogP contribution in [0.3, 0.4) is 0 Å². The van der Waals surface area contributed by atoms with E-state index < -0.39 is 0 Å². The van der Waals surface area contributed by atoms with Gasteiger partial charge in [-0.2, -0.15) is 0 Å². The molecule has 2 heterocycles. The number of carbonyl (C=O) groups is 1. The van der Waals surface area contributed by atoms with E-state index in [1.807, 2.05) is 0 Å². The van der Waals surface area contributed by atoms with Crippen LogP contribution in [0, 0.1) is 5.92 Å². The van der Waals surface area contributed by atoms with Crippen molar-refractivity contribution >= 4 is 5.91 Å². The van der Waals surface area contributed by atoms with Crippen LogP contribution < -0.4 is 5.32 Å². The summed E-state index contributed by atoms with van der Waals surface area (Å²) in [5, 5.41) is 3.41. The highest BCUT2D eigenvalue weighted by Gasteiger charge is 2.25. The summed E-state index contributed by atoms with van der Waals surface area (Å²) in [6.45, 7) is 8.29. The topological polar surface area (TPSA) is 41.6 Å². The lowest BCUT2D eigenvalue weighted by atomic mass is 9.96. The average Bonchev–Trinajstić information content (AvgIpc) is 2.89. The second-order valence-corrected chi connectivity index (χ2v) is 6.32. The van der Waals surface area contributed by atoms with Gasteiger partial charge in [0.05, 0.1) is 12.2 Å². The van der Waals surface area contributed by atoms with Crippen molar-refractivity contribution in [1.82, 2.24) is 10.2 Å². The van der Waals surface area contributed by atoms with Crippen LogP contribution in [0.15, 0.2) is 0 Å². The van der Waals surface area contributed by atoms with Crippen LogP contribution in [0.4, 0.5) is 0 Å². The second kappa shape index (κ2) is 7.99. The lowest BCUT2D eigenvalue weighted by molar-refractivity contribution is -0.133. The smallest absolute Gasteiger partial charge is 0.222 e. The van der Waals surface area contributed by atoms with E-state index in [4.69, 9.17) is 4.74 Å². The van der Waals surface area contributed by atoms with E-state index in [-0.39, 0.29) is 0 Å². The van der Waals surface area contributed by atoms with Crippen molar-refractivity contribution in [1.29, 1.82) is 0 Å². The number of likely N-dealkylation sites (tertiary alicyclic amines) is 1. The molecule has 0 aromatic heterocycles. The predicted octanol–water partition coefficient (Wildman–Crippen LogP) is 2.18. The number of carbonyl (C=O) groups excluding carboxylic acids is 1. The minimum absolute atomic E-state index is 0.320. The van der Waals surface area contributed by atoms with Crippen LogP contribution in [0.2, 0.25) is 0 Å². The Morgan fingerprint density at radius 2 is 2.00 bits per heavy atom. The summed E-state index contributed by atoms with van der Waals surface area (Å²) < 4.78 is 5.78. The Hall–Kier alpha value is -0.610. The molecule has 2 fully saturated rings. The number of hydrogen-bond donors (Lipinski definition) is 1. The van der Waals surface area contributed by atoms with E-state index in [1.54, 1.807) is 0 Å². The van der Waals surface area contributed by atoms with E-state index in [2.05, 4.69) is 24.1 Å². The summed E-state index contributed by atoms with van der Waals surface area (Å²) in [7, 11) is 0. The molecule has 0 aromatic rings. The fraction of sp³-hybridized carbons (Fsp3) is 0.938. The Bertz CT molecular complexity index is 301. The molecule has 0 saturated carbocycles. The third-order valence-electron chi connectivity index (χ3n) is 4.65. The van der Waals surface area contributed by atoms with Crippen LogP contribution in [0.25, 0.3) is 0 Å². The Balaban J connectivity index is 1.62. The monoisotopic (exact) mass is 282 g/mol. The zero-order chi connectivity index (χ0) is 14.4. The molecule has 2 atom stereocenters. The van der Waals surface area contributed by atoms with E-state index >= 15 is 0 Å². The largest absolute Gasteiger partial charge is 0.375 e. The molecule has 116 valence electrons. The highest BCUT2D eigenvalue weighted by Crippen LogP contribution is 2.23. The maximum absolute atomic E-state index is 12.2. The van der Waals surface area contributed by atoms with Gasteiger partial charge in [0.15, 0.2) is 0 Å². The summed E-state index contributed by atoms with van der Waals surface area (Å²) in [4.78, 5) is 14.3. The average molecular weight is 282 g/mol. The van der Waals surface area contributed by atoms with Crippen LogP contribution in [-0.4, -0.2) is 49.2 Å². The van der Waals surface area contributed by atoms with Crippen molar-refractivity contribution in [3.63, 3.8) is 0 Å². The molecule has 2 unspecified atom stereocenters. The zero-order valence-corrected chi connectivity index (χ0v) is 13.1. The first-order chi connectivity index (χ1) is 9.69. The number of ether oxygens (including phenoxy) is 1. The minimum atomic E-state index is 0.320. The molecular weight excluding hydrogens is 252 g/mol. The molecule has 2 aliphatic heterocycles. The molecule has 0 aromatic carbocycles. The maximum Gasteiger partial charge on any atom is 0.222 e. The van der Waals surface area contributed by atoms with Crippen molar-refractivity contribution in [3.8, 4) is 0 Å². The van der Waals surface area contributed by atoms with Gasteiger partial charge in [-0.05, 0) is 58.0 Å². The van der Waals surface area contributed by atoms with Crippen molar-refractivity contribution in [2.75, 3.05) is 26.2 Å². The summed E-state index contributed by atoms with van der Waals surface area (Å²) >= 11 is 0. The van der Waals surface area contributed by atoms with Gasteiger partial charge in [0.25, 0.3) is 0 Å². The van der Waals surface area contributed by atoms with Crippen LogP contribution >= 0.6 is 0 Å². The summed E-state index contributed by atoms with van der Waals surface area (Å²) in [5.41, 5.74) is 0. The van der Waals surface area contributed by atoms with Gasteiger partial charge in [0.1, 0.15) is 0 Å². The highest BCUT2D eigenvalue weighted by molar-refractivity contribution is 5.76. The number of hydrogen-bond acceptors (Lipinski definition) is 3. The van der Waals surface area contributed by atoms with E-state index in [1.165, 1.54) is 0 Å². The fourth-order valence-electron chi connectivity index (χ4n) is 3.28. The third kappa shape index (κ3) is 4.74. The molecule has 2 rings (SSSR count). The molecule has 0 aliphatic carbocycles. The molecule has 0 bridgehead atoms. The van der Waals surface area contributed by atoms with Crippen molar-refractivity contribution in [3.05, 3.63) is 0 Å². The Labute approximate surface area is 123 Å². The Morgan fingerprint density at radius 3 is 2.60 bits per heavy atom. The number of nitrogens with zero attached hydrogens (tertiary/aromatic N) is 1. The number of rotatable bonds is 6. The zero-order valence-electron chi connectivity index (χ0n) is 13.1. The molecule has 4 nitrogen and oxygen atoms in total. The van der Waals surface area contributed by atoms with Gasteiger partial charge in [-0.3, -0.25) is 4.79 Å². The standard InChI is InChI=1S/C16H30N2O2/c1-3-17-12-14-8-10-18(11-9-14)16(19)7-6-15-5-4-13(2)20-15/h13-15,17H,3-12H2,1-2H3. The summed E-state index contributed by atoms with van der Waals surface area (Å²) in [6.07, 6.45) is 6.84. The first-order valence-electron chi connectivity index (χ1n) is 8.33. The van der Waals surface area contributed by atoms with Gasteiger partial charge >= 0.3 is 0 Å². The SMILES string of the molecule is CCNCC1CCN(C(=O)CCC2CCC(C)O2)CC1. The van der Waals surface area contributed by atoms with E-state index in [9.17, 15) is 4.79 Å². The maximum atomic E-state index is 12.2. The van der Waals surface area contributed by atoms with Crippen molar-refractivity contribution < 1.29 is 9.53 Å². The molecule has 2 saturated heterocycles. The molecule has 1 amide bonds. The first-order valence-corrected chi connectivity index (χ1v) is 8.33. The minimum Gasteiger partial charge on any atom is -0.375 e. The molecular formula is C16H30N2O2. The first kappa shape index (κ1) is 15.8. The molecule has 0 radical (unpaired) electrons. The predicted molar refractivity (Wildman–Crippen MR) is 80.7 cm³/mol. The Morgan fingerprint density at radius 1 is 1.25 bits per heavy atom. The van der Waals surface area contributed by atoms with Crippen LogP contribution in [0.5, 0.6) is 0 Å². The molecule has 20 heavy (non-hydrogen) atoms.